The molecule has 0 radical (unpaired) electrons. The van der Waals surface area contributed by atoms with Gasteiger partial charge in [-0.15, -0.1) is 21.5 Å². The third-order valence-electron chi connectivity index (χ3n) is 4.32. The lowest BCUT2D eigenvalue weighted by Gasteiger charge is -2.22. The van der Waals surface area contributed by atoms with Crippen molar-refractivity contribution in [1.29, 1.82) is 0 Å². The molecule has 0 aromatic carbocycles. The van der Waals surface area contributed by atoms with Crippen LogP contribution >= 0.6 is 23.1 Å². The van der Waals surface area contributed by atoms with Crippen LogP contribution in [0.1, 0.15) is 43.9 Å². The van der Waals surface area contributed by atoms with Crippen molar-refractivity contribution in [3.8, 4) is 11.4 Å². The zero-order valence-electron chi connectivity index (χ0n) is 14.2. The van der Waals surface area contributed by atoms with Crippen LogP contribution in [0, 0.1) is 6.92 Å². The molecule has 1 saturated carbocycles. The number of aryl methyl sites for hydroxylation is 1. The maximum Gasteiger partial charge on any atom is 0.230 e. The molecule has 7 heteroatoms. The monoisotopic (exact) mass is 364 g/mol. The Morgan fingerprint density at radius 1 is 1.38 bits per heavy atom. The predicted octanol–water partition coefficient (Wildman–Crippen LogP) is 3.88. The summed E-state index contributed by atoms with van der Waals surface area (Å²) < 4.78 is 2.08. The molecule has 24 heavy (non-hydrogen) atoms. The fraction of sp³-hybridized carbons (Fsp3) is 0.588. The van der Waals surface area contributed by atoms with Crippen LogP contribution in [0.25, 0.3) is 11.4 Å². The van der Waals surface area contributed by atoms with Crippen molar-refractivity contribution in [3.05, 3.63) is 16.3 Å². The van der Waals surface area contributed by atoms with Crippen LogP contribution in [0.5, 0.6) is 0 Å². The first kappa shape index (κ1) is 17.5. The minimum Gasteiger partial charge on any atom is -0.353 e. The number of thioether (sulfide) groups is 1. The minimum atomic E-state index is 0.102. The molecule has 2 aromatic heterocycles. The Kier molecular flexibility index (Phi) is 5.94. The molecule has 1 fully saturated rings. The lowest BCUT2D eigenvalue weighted by Crippen LogP contribution is -2.37. The molecule has 0 unspecified atom stereocenters. The Balaban J connectivity index is 1.60. The largest absolute Gasteiger partial charge is 0.353 e. The molecule has 1 aliphatic carbocycles. The highest BCUT2D eigenvalue weighted by atomic mass is 32.2. The van der Waals surface area contributed by atoms with Crippen molar-refractivity contribution < 1.29 is 4.79 Å². The van der Waals surface area contributed by atoms with E-state index in [1.54, 1.807) is 11.3 Å². The molecule has 130 valence electrons. The number of thiophene rings is 1. The van der Waals surface area contributed by atoms with E-state index < -0.39 is 0 Å². The predicted molar refractivity (Wildman–Crippen MR) is 99.5 cm³/mol. The van der Waals surface area contributed by atoms with E-state index in [2.05, 4.69) is 45.4 Å². The fourth-order valence-electron chi connectivity index (χ4n) is 3.10. The molecular weight excluding hydrogens is 340 g/mol. The van der Waals surface area contributed by atoms with Gasteiger partial charge in [0.05, 0.1) is 5.75 Å². The summed E-state index contributed by atoms with van der Waals surface area (Å²) >= 11 is 3.18. The Hall–Kier alpha value is -1.34. The average Bonchev–Trinajstić information content (AvgIpc) is 3.19. The summed E-state index contributed by atoms with van der Waals surface area (Å²) in [6.07, 6.45) is 5.98. The van der Waals surface area contributed by atoms with Crippen molar-refractivity contribution in [2.24, 2.45) is 0 Å². The molecule has 0 aliphatic heterocycles. The van der Waals surface area contributed by atoms with E-state index in [9.17, 15) is 4.79 Å². The zero-order chi connectivity index (χ0) is 16.9. The highest BCUT2D eigenvalue weighted by Gasteiger charge is 2.18. The average molecular weight is 365 g/mol. The van der Waals surface area contributed by atoms with Gasteiger partial charge in [0, 0.05) is 28.4 Å². The Morgan fingerprint density at radius 3 is 2.83 bits per heavy atom. The molecule has 1 N–H and O–H groups in total. The Bertz CT molecular complexity index is 689. The van der Waals surface area contributed by atoms with Gasteiger partial charge in [-0.1, -0.05) is 31.0 Å². The topological polar surface area (TPSA) is 59.8 Å². The standard InChI is InChI=1S/C17H24N4OS2/c1-3-21-16(13-9-12(2)23-10-13)19-20-17(21)24-11-15(22)18-14-7-5-4-6-8-14/h9-10,14H,3-8,11H2,1-2H3,(H,18,22). The van der Waals surface area contributed by atoms with Crippen molar-refractivity contribution >= 4 is 29.0 Å². The summed E-state index contributed by atoms with van der Waals surface area (Å²) in [6, 6.07) is 2.49. The summed E-state index contributed by atoms with van der Waals surface area (Å²) in [6.45, 7) is 4.97. The molecule has 5 nitrogen and oxygen atoms in total. The van der Waals surface area contributed by atoms with E-state index in [4.69, 9.17) is 0 Å². The summed E-state index contributed by atoms with van der Waals surface area (Å²) in [5.74, 6) is 1.39. The highest BCUT2D eigenvalue weighted by molar-refractivity contribution is 7.99. The molecular formula is C17H24N4OS2. The molecule has 0 atom stereocenters. The molecule has 0 bridgehead atoms. The second-order valence-electron chi connectivity index (χ2n) is 6.19. The number of nitrogens with one attached hydrogen (secondary N) is 1. The van der Waals surface area contributed by atoms with Crippen LogP contribution < -0.4 is 5.32 Å². The Labute approximate surface area is 151 Å². The smallest absolute Gasteiger partial charge is 0.230 e. The zero-order valence-corrected chi connectivity index (χ0v) is 15.9. The van der Waals surface area contributed by atoms with Gasteiger partial charge in [0.15, 0.2) is 11.0 Å². The van der Waals surface area contributed by atoms with E-state index >= 15 is 0 Å². The summed E-state index contributed by atoms with van der Waals surface area (Å²) in [7, 11) is 0. The fourth-order valence-corrected chi connectivity index (χ4v) is 4.60. The molecule has 2 aromatic rings. The number of nitrogens with zero attached hydrogens (tertiary/aromatic N) is 3. The molecule has 2 heterocycles. The van der Waals surface area contributed by atoms with Crippen LogP contribution in [0.3, 0.4) is 0 Å². The van der Waals surface area contributed by atoms with Crippen molar-refractivity contribution in [2.45, 2.75) is 63.7 Å². The van der Waals surface area contributed by atoms with Crippen LogP contribution in [-0.4, -0.2) is 32.5 Å². The SMILES string of the molecule is CCn1c(SCC(=O)NC2CCCCC2)nnc1-c1csc(C)c1. The maximum absolute atomic E-state index is 12.2. The van der Waals surface area contributed by atoms with E-state index in [0.717, 1.165) is 35.9 Å². The summed E-state index contributed by atoms with van der Waals surface area (Å²) in [5.41, 5.74) is 1.10. The summed E-state index contributed by atoms with van der Waals surface area (Å²) in [4.78, 5) is 13.4. The number of rotatable bonds is 6. The number of aromatic nitrogens is 3. The number of hydrogen-bond acceptors (Lipinski definition) is 5. The van der Waals surface area contributed by atoms with Gasteiger partial charge >= 0.3 is 0 Å². The van der Waals surface area contributed by atoms with Crippen molar-refractivity contribution in [1.82, 2.24) is 20.1 Å². The van der Waals surface area contributed by atoms with Crippen molar-refractivity contribution in [2.75, 3.05) is 5.75 Å². The van der Waals surface area contributed by atoms with Gasteiger partial charge in [-0.25, -0.2) is 0 Å². The van der Waals surface area contributed by atoms with E-state index in [0.29, 0.717) is 11.8 Å². The third-order valence-corrected chi connectivity index (χ3v) is 6.15. The molecule has 0 saturated heterocycles. The van der Waals surface area contributed by atoms with E-state index in [1.807, 2.05) is 0 Å². The highest BCUT2D eigenvalue weighted by Crippen LogP contribution is 2.27. The van der Waals surface area contributed by atoms with Crippen molar-refractivity contribution in [3.63, 3.8) is 0 Å². The first-order chi connectivity index (χ1) is 11.7. The van der Waals surface area contributed by atoms with Gasteiger partial charge in [-0.2, -0.15) is 0 Å². The minimum absolute atomic E-state index is 0.102. The number of amides is 1. The molecule has 1 amide bonds. The second kappa shape index (κ2) is 8.16. The van der Waals surface area contributed by atoms with E-state index in [-0.39, 0.29) is 5.91 Å². The first-order valence-electron chi connectivity index (χ1n) is 8.58. The second-order valence-corrected chi connectivity index (χ2v) is 8.25. The first-order valence-corrected chi connectivity index (χ1v) is 10.4. The van der Waals surface area contributed by atoms with Crippen LogP contribution in [-0.2, 0) is 11.3 Å². The van der Waals surface area contributed by atoms with Gasteiger partial charge in [0.2, 0.25) is 5.91 Å². The van der Waals surface area contributed by atoms with Crippen LogP contribution in [0.15, 0.2) is 16.6 Å². The number of carbonyl (C=O) groups excluding carboxylic acids is 1. The quantitative estimate of drug-likeness (QED) is 0.790. The van der Waals surface area contributed by atoms with Gasteiger partial charge in [-0.3, -0.25) is 4.79 Å². The lowest BCUT2D eigenvalue weighted by atomic mass is 9.95. The number of carbonyl (C=O) groups is 1. The van der Waals surface area contributed by atoms with Crippen LogP contribution in [0.2, 0.25) is 0 Å². The maximum atomic E-state index is 12.2. The third kappa shape index (κ3) is 4.19. The molecule has 0 spiro atoms. The Morgan fingerprint density at radius 2 is 2.17 bits per heavy atom. The van der Waals surface area contributed by atoms with Gasteiger partial charge in [-0.05, 0) is 32.8 Å². The van der Waals surface area contributed by atoms with Gasteiger partial charge < -0.3 is 9.88 Å². The normalized spacial score (nSPS) is 15.6. The molecule has 1 aliphatic rings. The van der Waals surface area contributed by atoms with Crippen LogP contribution in [0.4, 0.5) is 0 Å². The van der Waals surface area contributed by atoms with Gasteiger partial charge in [0.1, 0.15) is 0 Å². The molecule has 3 rings (SSSR count). The summed E-state index contributed by atoms with van der Waals surface area (Å²) in [5, 5.41) is 14.7. The van der Waals surface area contributed by atoms with E-state index in [1.165, 1.54) is 35.9 Å². The lowest BCUT2D eigenvalue weighted by molar-refractivity contribution is -0.119. The number of hydrogen-bond donors (Lipinski definition) is 1. The van der Waals surface area contributed by atoms with Gasteiger partial charge in [0.25, 0.3) is 0 Å².